The zero-order chi connectivity index (χ0) is 11.5. The molecule has 0 spiro atoms. The first-order valence-corrected chi connectivity index (χ1v) is 5.97. The number of amides is 2. The Hall–Kier alpha value is -1.43. The Balaban J connectivity index is 1.92. The third-order valence-corrected chi connectivity index (χ3v) is 3.29. The van der Waals surface area contributed by atoms with Crippen molar-refractivity contribution in [2.24, 2.45) is 0 Å². The Morgan fingerprint density at radius 1 is 1.75 bits per heavy atom. The zero-order valence-electron chi connectivity index (χ0n) is 8.97. The van der Waals surface area contributed by atoms with Crippen molar-refractivity contribution in [3.63, 3.8) is 0 Å². The van der Waals surface area contributed by atoms with E-state index in [1.54, 1.807) is 18.1 Å². The van der Waals surface area contributed by atoms with Crippen molar-refractivity contribution in [3.05, 3.63) is 16.6 Å². The minimum atomic E-state index is -0.350. The lowest BCUT2D eigenvalue weighted by Gasteiger charge is -2.19. The van der Waals surface area contributed by atoms with Crippen LogP contribution in [0.1, 0.15) is 17.8 Å². The summed E-state index contributed by atoms with van der Waals surface area (Å²) in [6, 6.07) is -0.350. The highest BCUT2D eigenvalue weighted by Gasteiger charge is 2.29. The van der Waals surface area contributed by atoms with Gasteiger partial charge in [-0.25, -0.2) is 4.98 Å². The molecule has 1 fully saturated rings. The van der Waals surface area contributed by atoms with Crippen LogP contribution in [0.25, 0.3) is 0 Å². The molecule has 6 heteroatoms. The van der Waals surface area contributed by atoms with E-state index in [9.17, 15) is 9.59 Å². The van der Waals surface area contributed by atoms with Gasteiger partial charge in [-0.15, -0.1) is 11.3 Å². The Morgan fingerprint density at radius 2 is 2.56 bits per heavy atom. The summed E-state index contributed by atoms with van der Waals surface area (Å²) < 4.78 is 0. The molecular weight excluding hydrogens is 226 g/mol. The van der Waals surface area contributed by atoms with E-state index in [-0.39, 0.29) is 17.9 Å². The fraction of sp³-hybridized carbons (Fsp3) is 0.500. The first-order valence-electron chi connectivity index (χ1n) is 5.09. The molecule has 86 valence electrons. The van der Waals surface area contributed by atoms with Gasteiger partial charge < -0.3 is 10.2 Å². The second kappa shape index (κ2) is 4.61. The van der Waals surface area contributed by atoms with Crippen LogP contribution in [0.5, 0.6) is 0 Å². The first kappa shape index (κ1) is 11.1. The number of likely N-dealkylation sites (N-methyl/N-ethyl adjacent to an activating group) is 1. The third-order valence-electron chi connectivity index (χ3n) is 2.53. The van der Waals surface area contributed by atoms with Gasteiger partial charge in [0.05, 0.1) is 6.54 Å². The SMILES string of the molecule is CN(Cc1nccs1)C(=O)C1CCC(=O)N1. The molecule has 5 nitrogen and oxygen atoms in total. The lowest BCUT2D eigenvalue weighted by Crippen LogP contribution is -2.42. The minimum absolute atomic E-state index is 0.0407. The summed E-state index contributed by atoms with van der Waals surface area (Å²) in [6.07, 6.45) is 2.76. The maximum absolute atomic E-state index is 11.9. The molecule has 1 aromatic heterocycles. The molecule has 16 heavy (non-hydrogen) atoms. The van der Waals surface area contributed by atoms with Gasteiger partial charge in [-0.2, -0.15) is 0 Å². The fourth-order valence-corrected chi connectivity index (χ4v) is 2.35. The van der Waals surface area contributed by atoms with Crippen molar-refractivity contribution in [3.8, 4) is 0 Å². The minimum Gasteiger partial charge on any atom is -0.344 e. The largest absolute Gasteiger partial charge is 0.344 e. The molecule has 1 aromatic rings. The summed E-state index contributed by atoms with van der Waals surface area (Å²) in [5.74, 6) is -0.0814. The van der Waals surface area contributed by atoms with Gasteiger partial charge in [0.15, 0.2) is 0 Å². The monoisotopic (exact) mass is 239 g/mol. The predicted octanol–water partition coefficient (Wildman–Crippen LogP) is 0.380. The van der Waals surface area contributed by atoms with Crippen molar-refractivity contribution >= 4 is 23.2 Å². The van der Waals surface area contributed by atoms with Crippen molar-refractivity contribution in [1.29, 1.82) is 0 Å². The summed E-state index contributed by atoms with van der Waals surface area (Å²) in [5.41, 5.74) is 0. The van der Waals surface area contributed by atoms with Gasteiger partial charge in [-0.05, 0) is 6.42 Å². The molecule has 2 rings (SSSR count). The van der Waals surface area contributed by atoms with Gasteiger partial charge in [0.1, 0.15) is 11.0 Å². The molecule has 0 aliphatic carbocycles. The Morgan fingerprint density at radius 3 is 3.12 bits per heavy atom. The fourth-order valence-electron chi connectivity index (χ4n) is 1.68. The normalized spacial score (nSPS) is 19.6. The lowest BCUT2D eigenvalue weighted by molar-refractivity contribution is -0.133. The Kier molecular flexibility index (Phi) is 3.19. The molecule has 2 heterocycles. The number of hydrogen-bond acceptors (Lipinski definition) is 4. The number of nitrogens with zero attached hydrogens (tertiary/aromatic N) is 2. The van der Waals surface area contributed by atoms with E-state index in [0.717, 1.165) is 5.01 Å². The number of rotatable bonds is 3. The number of nitrogens with one attached hydrogen (secondary N) is 1. The first-order chi connectivity index (χ1) is 7.66. The van der Waals surface area contributed by atoms with Gasteiger partial charge in [-0.1, -0.05) is 0 Å². The summed E-state index contributed by atoms with van der Waals surface area (Å²) >= 11 is 1.52. The van der Waals surface area contributed by atoms with Gasteiger partial charge in [-0.3, -0.25) is 9.59 Å². The molecule has 0 aromatic carbocycles. The van der Waals surface area contributed by atoms with Gasteiger partial charge in [0.25, 0.3) is 0 Å². The van der Waals surface area contributed by atoms with Crippen LogP contribution in [0.15, 0.2) is 11.6 Å². The number of thiazole rings is 1. The molecule has 1 aliphatic rings. The predicted molar refractivity (Wildman–Crippen MR) is 59.8 cm³/mol. The standard InChI is InChI=1S/C10H13N3O2S/c1-13(6-9-11-4-5-16-9)10(15)7-2-3-8(14)12-7/h4-5,7H,2-3,6H2,1H3,(H,12,14). The molecule has 2 amide bonds. The average molecular weight is 239 g/mol. The molecule has 1 N–H and O–H groups in total. The molecule has 1 aliphatic heterocycles. The summed E-state index contributed by atoms with van der Waals surface area (Å²) in [5, 5.41) is 5.45. The highest BCUT2D eigenvalue weighted by Crippen LogP contribution is 2.12. The molecule has 1 unspecified atom stereocenters. The number of carbonyl (C=O) groups excluding carboxylic acids is 2. The van der Waals surface area contributed by atoms with Crippen LogP contribution in [0.4, 0.5) is 0 Å². The molecule has 0 radical (unpaired) electrons. The van der Waals surface area contributed by atoms with E-state index in [2.05, 4.69) is 10.3 Å². The van der Waals surface area contributed by atoms with Gasteiger partial charge in [0, 0.05) is 25.0 Å². The van der Waals surface area contributed by atoms with Crippen LogP contribution in [0.3, 0.4) is 0 Å². The van der Waals surface area contributed by atoms with E-state index in [4.69, 9.17) is 0 Å². The molecule has 1 saturated heterocycles. The van der Waals surface area contributed by atoms with Crippen LogP contribution < -0.4 is 5.32 Å². The third kappa shape index (κ3) is 2.38. The second-order valence-electron chi connectivity index (χ2n) is 3.78. The van der Waals surface area contributed by atoms with E-state index in [0.29, 0.717) is 19.4 Å². The average Bonchev–Trinajstić information content (AvgIpc) is 2.88. The molecule has 0 bridgehead atoms. The molecule has 0 saturated carbocycles. The second-order valence-corrected chi connectivity index (χ2v) is 4.76. The highest BCUT2D eigenvalue weighted by atomic mass is 32.1. The molecule has 1 atom stereocenters. The van der Waals surface area contributed by atoms with E-state index < -0.39 is 0 Å². The lowest BCUT2D eigenvalue weighted by atomic mass is 10.2. The van der Waals surface area contributed by atoms with Crippen molar-refractivity contribution in [2.75, 3.05) is 7.05 Å². The van der Waals surface area contributed by atoms with E-state index in [1.807, 2.05) is 5.38 Å². The van der Waals surface area contributed by atoms with Crippen LogP contribution in [0, 0.1) is 0 Å². The van der Waals surface area contributed by atoms with E-state index >= 15 is 0 Å². The zero-order valence-corrected chi connectivity index (χ0v) is 9.79. The summed E-state index contributed by atoms with van der Waals surface area (Å²) in [4.78, 5) is 28.6. The van der Waals surface area contributed by atoms with Crippen LogP contribution >= 0.6 is 11.3 Å². The number of carbonyl (C=O) groups is 2. The van der Waals surface area contributed by atoms with E-state index in [1.165, 1.54) is 11.3 Å². The Bertz CT molecular complexity index is 391. The quantitative estimate of drug-likeness (QED) is 0.829. The topological polar surface area (TPSA) is 62.3 Å². The Labute approximate surface area is 97.5 Å². The van der Waals surface area contributed by atoms with Crippen LogP contribution in [-0.2, 0) is 16.1 Å². The van der Waals surface area contributed by atoms with Gasteiger partial charge >= 0.3 is 0 Å². The maximum atomic E-state index is 11.9. The van der Waals surface area contributed by atoms with Crippen LogP contribution in [0.2, 0.25) is 0 Å². The van der Waals surface area contributed by atoms with Gasteiger partial charge in [0.2, 0.25) is 11.8 Å². The smallest absolute Gasteiger partial charge is 0.245 e. The van der Waals surface area contributed by atoms with Crippen molar-refractivity contribution in [2.45, 2.75) is 25.4 Å². The summed E-state index contributed by atoms with van der Waals surface area (Å²) in [7, 11) is 1.73. The van der Waals surface area contributed by atoms with Crippen molar-refractivity contribution < 1.29 is 9.59 Å². The molecular formula is C10H13N3O2S. The van der Waals surface area contributed by atoms with Crippen molar-refractivity contribution in [1.82, 2.24) is 15.2 Å². The number of hydrogen-bond donors (Lipinski definition) is 1. The maximum Gasteiger partial charge on any atom is 0.245 e. The van der Waals surface area contributed by atoms with Crippen LogP contribution in [-0.4, -0.2) is 34.8 Å². The highest BCUT2D eigenvalue weighted by molar-refractivity contribution is 7.09. The number of aromatic nitrogens is 1. The summed E-state index contributed by atoms with van der Waals surface area (Å²) in [6.45, 7) is 0.503.